The number of carboxylic acid groups (broad SMARTS) is 1. The maximum absolute atomic E-state index is 15.0. The number of benzene rings is 1. The van der Waals surface area contributed by atoms with E-state index in [0.29, 0.717) is 15.6 Å². The van der Waals surface area contributed by atoms with Crippen LogP contribution in [0.1, 0.15) is 18.9 Å². The summed E-state index contributed by atoms with van der Waals surface area (Å²) in [6.07, 6.45) is -0.924. The van der Waals surface area contributed by atoms with E-state index in [9.17, 15) is 19.1 Å². The van der Waals surface area contributed by atoms with Crippen molar-refractivity contribution in [3.8, 4) is 0 Å². The Kier molecular flexibility index (Phi) is 4.94. The average molecular weight is 406 g/mol. The van der Waals surface area contributed by atoms with Gasteiger partial charge in [-0.1, -0.05) is 29.3 Å². The van der Waals surface area contributed by atoms with E-state index in [1.165, 1.54) is 0 Å². The highest BCUT2D eigenvalue weighted by atomic mass is 35.5. The van der Waals surface area contributed by atoms with Crippen LogP contribution in [-0.4, -0.2) is 41.0 Å². The first-order chi connectivity index (χ1) is 12.2. The number of halogens is 3. The molecule has 5 atom stereocenters. The minimum absolute atomic E-state index is 0.00579. The van der Waals surface area contributed by atoms with Gasteiger partial charge in [0, 0.05) is 11.8 Å². The summed E-state index contributed by atoms with van der Waals surface area (Å²) in [7, 11) is 0. The molecule has 3 rings (SSSR count). The minimum Gasteiger partial charge on any atom is -0.480 e. The molecular weight excluding hydrogens is 388 g/mol. The van der Waals surface area contributed by atoms with E-state index in [1.54, 1.807) is 25.1 Å². The van der Waals surface area contributed by atoms with Crippen LogP contribution in [0.2, 0.25) is 10.0 Å². The molecule has 0 heterocycles. The third kappa shape index (κ3) is 2.78. The van der Waals surface area contributed by atoms with Crippen molar-refractivity contribution in [2.75, 3.05) is 6.61 Å². The summed E-state index contributed by atoms with van der Waals surface area (Å²) >= 11 is 11.8. The lowest BCUT2D eigenvalue weighted by molar-refractivity contribution is -0.159. The molecule has 0 radical (unpaired) electrons. The van der Waals surface area contributed by atoms with E-state index in [0.717, 1.165) is 0 Å². The smallest absolute Gasteiger partial charge is 0.344 e. The molecule has 9 heteroatoms. The molecule has 26 heavy (non-hydrogen) atoms. The Balaban J connectivity index is 1.75. The fraction of sp³-hybridized carbons (Fsp3) is 0.529. The number of aliphatic carboxylic acids is 1. The van der Waals surface area contributed by atoms with Gasteiger partial charge in [-0.3, -0.25) is 4.79 Å². The molecule has 0 aromatic heterocycles. The van der Waals surface area contributed by atoms with Crippen molar-refractivity contribution < 1.29 is 28.6 Å². The SMILES string of the molecule is CCOC(=O)[C@]1(F)C2[C@H]1C[C@@H](OCc1ccc(Cl)c(Cl)c1)C2(N)C(=O)O. The number of nitrogens with two attached hydrogens (primary N) is 1. The lowest BCUT2D eigenvalue weighted by Gasteiger charge is -2.32. The summed E-state index contributed by atoms with van der Waals surface area (Å²) in [6.45, 7) is 1.59. The van der Waals surface area contributed by atoms with Crippen LogP contribution in [0, 0.1) is 11.8 Å². The molecule has 2 unspecified atom stereocenters. The highest BCUT2D eigenvalue weighted by Gasteiger charge is 2.85. The summed E-state index contributed by atoms with van der Waals surface area (Å²) in [4.78, 5) is 23.7. The number of carbonyl (C=O) groups is 2. The molecule has 0 spiro atoms. The topological polar surface area (TPSA) is 98.9 Å². The summed E-state index contributed by atoms with van der Waals surface area (Å²) in [6, 6.07) is 4.87. The summed E-state index contributed by atoms with van der Waals surface area (Å²) < 4.78 is 25.4. The molecule has 2 aliphatic rings. The van der Waals surface area contributed by atoms with Crippen molar-refractivity contribution in [2.45, 2.75) is 37.3 Å². The lowest BCUT2D eigenvalue weighted by Crippen LogP contribution is -2.60. The molecule has 2 saturated carbocycles. The Bertz CT molecular complexity index is 763. The van der Waals surface area contributed by atoms with Gasteiger partial charge in [-0.25, -0.2) is 9.18 Å². The van der Waals surface area contributed by atoms with Gasteiger partial charge in [-0.05, 0) is 31.0 Å². The van der Waals surface area contributed by atoms with Gasteiger partial charge < -0.3 is 20.3 Å². The molecule has 2 aliphatic carbocycles. The second-order valence-electron chi connectivity index (χ2n) is 6.59. The largest absolute Gasteiger partial charge is 0.480 e. The van der Waals surface area contributed by atoms with Crippen LogP contribution in [-0.2, 0) is 25.7 Å². The number of hydrogen-bond donors (Lipinski definition) is 2. The second kappa shape index (κ2) is 6.64. The van der Waals surface area contributed by atoms with Crippen LogP contribution in [0.4, 0.5) is 4.39 Å². The number of fused-ring (bicyclic) bond motifs is 1. The Morgan fingerprint density at radius 2 is 2.08 bits per heavy atom. The Morgan fingerprint density at radius 3 is 2.65 bits per heavy atom. The Labute approximate surface area is 159 Å². The Hall–Kier alpha value is -1.41. The molecule has 6 nitrogen and oxygen atoms in total. The van der Waals surface area contributed by atoms with Crippen molar-refractivity contribution >= 4 is 35.1 Å². The summed E-state index contributed by atoms with van der Waals surface area (Å²) in [5, 5.41) is 10.3. The van der Waals surface area contributed by atoms with Gasteiger partial charge in [0.25, 0.3) is 0 Å². The fourth-order valence-corrected chi connectivity index (χ4v) is 4.18. The van der Waals surface area contributed by atoms with E-state index in [-0.39, 0.29) is 19.6 Å². The zero-order valence-corrected chi connectivity index (χ0v) is 15.4. The monoisotopic (exact) mass is 405 g/mol. The Morgan fingerprint density at radius 1 is 1.38 bits per heavy atom. The highest BCUT2D eigenvalue weighted by molar-refractivity contribution is 6.42. The number of ether oxygens (including phenoxy) is 2. The first-order valence-electron chi connectivity index (χ1n) is 8.11. The van der Waals surface area contributed by atoms with Gasteiger partial charge >= 0.3 is 11.9 Å². The van der Waals surface area contributed by atoms with Crippen molar-refractivity contribution in [3.63, 3.8) is 0 Å². The molecule has 0 aliphatic heterocycles. The van der Waals surface area contributed by atoms with Crippen LogP contribution in [0.5, 0.6) is 0 Å². The van der Waals surface area contributed by atoms with Crippen LogP contribution in [0.15, 0.2) is 18.2 Å². The first-order valence-corrected chi connectivity index (χ1v) is 8.86. The normalized spacial score (nSPS) is 35.0. The van der Waals surface area contributed by atoms with E-state index in [2.05, 4.69) is 0 Å². The van der Waals surface area contributed by atoms with Gasteiger partial charge in [0.1, 0.15) is 5.54 Å². The molecule has 1 aromatic rings. The predicted octanol–water partition coefficient (Wildman–Crippen LogP) is 2.58. The van der Waals surface area contributed by atoms with Gasteiger partial charge in [0.05, 0.1) is 29.4 Å². The van der Waals surface area contributed by atoms with E-state index in [4.69, 9.17) is 38.4 Å². The van der Waals surface area contributed by atoms with Crippen LogP contribution >= 0.6 is 23.2 Å². The van der Waals surface area contributed by atoms with Crippen LogP contribution in [0.3, 0.4) is 0 Å². The number of carboxylic acids is 1. The zero-order chi connectivity index (χ0) is 19.3. The van der Waals surface area contributed by atoms with Crippen molar-refractivity contribution in [1.29, 1.82) is 0 Å². The van der Waals surface area contributed by atoms with Gasteiger partial charge in [0.2, 0.25) is 5.67 Å². The van der Waals surface area contributed by atoms with Crippen LogP contribution < -0.4 is 5.73 Å². The lowest BCUT2D eigenvalue weighted by atomic mass is 9.88. The first kappa shape index (κ1) is 19.4. The maximum Gasteiger partial charge on any atom is 0.344 e. The molecule has 0 bridgehead atoms. The van der Waals surface area contributed by atoms with Gasteiger partial charge in [-0.15, -0.1) is 0 Å². The number of carbonyl (C=O) groups excluding carboxylic acids is 1. The third-order valence-electron chi connectivity index (χ3n) is 5.19. The minimum atomic E-state index is -2.37. The number of alkyl halides is 1. The van der Waals surface area contributed by atoms with Gasteiger partial charge in [0.15, 0.2) is 0 Å². The quantitative estimate of drug-likeness (QED) is 0.705. The van der Waals surface area contributed by atoms with Crippen molar-refractivity contribution in [3.05, 3.63) is 33.8 Å². The van der Waals surface area contributed by atoms with E-state index in [1.807, 2.05) is 0 Å². The van der Waals surface area contributed by atoms with Crippen LogP contribution in [0.25, 0.3) is 0 Å². The molecule has 3 N–H and O–H groups in total. The highest BCUT2D eigenvalue weighted by Crippen LogP contribution is 2.67. The van der Waals surface area contributed by atoms with Crippen molar-refractivity contribution in [2.24, 2.45) is 17.6 Å². The number of hydrogen-bond acceptors (Lipinski definition) is 5. The maximum atomic E-state index is 15.0. The standard InChI is InChI=1S/C17H18Cl2FNO5/c1-2-25-15(24)16(20)9-6-12(17(21,13(9)16)14(22)23)26-7-8-3-4-10(18)11(19)5-8/h3-5,9,12-13H,2,6-7,21H2,1H3,(H,22,23)/t9-,12-,13?,16-,17?/m1/s1. The molecule has 142 valence electrons. The number of esters is 1. The van der Waals surface area contributed by atoms with E-state index >= 15 is 0 Å². The zero-order valence-electron chi connectivity index (χ0n) is 13.9. The molecule has 0 saturated heterocycles. The van der Waals surface area contributed by atoms with Crippen molar-refractivity contribution in [1.82, 2.24) is 0 Å². The second-order valence-corrected chi connectivity index (χ2v) is 7.41. The molecule has 1 aromatic carbocycles. The summed E-state index contributed by atoms with van der Waals surface area (Å²) in [5.74, 6) is -4.48. The van der Waals surface area contributed by atoms with Gasteiger partial charge in [-0.2, -0.15) is 0 Å². The van der Waals surface area contributed by atoms with E-state index < -0.39 is 41.1 Å². The third-order valence-corrected chi connectivity index (χ3v) is 5.93. The summed E-state index contributed by atoms with van der Waals surface area (Å²) in [5.41, 5.74) is 2.33. The fourth-order valence-electron chi connectivity index (χ4n) is 3.86. The molecular formula is C17H18Cl2FNO5. The molecule has 0 amide bonds. The predicted molar refractivity (Wildman–Crippen MR) is 91.7 cm³/mol. The molecule has 2 fully saturated rings. The average Bonchev–Trinajstić information content (AvgIpc) is 3.05. The number of rotatable bonds is 6.